The third-order valence-corrected chi connectivity index (χ3v) is 4.25. The summed E-state index contributed by atoms with van der Waals surface area (Å²) >= 11 is 3.40. The summed E-state index contributed by atoms with van der Waals surface area (Å²) in [6.45, 7) is 1.83. The van der Waals surface area contributed by atoms with Crippen LogP contribution < -0.4 is 5.32 Å². The second-order valence-electron chi connectivity index (χ2n) is 5.50. The van der Waals surface area contributed by atoms with Gasteiger partial charge in [0.2, 0.25) is 0 Å². The molecule has 1 aromatic heterocycles. The van der Waals surface area contributed by atoms with E-state index in [0.717, 1.165) is 15.6 Å². The Bertz CT molecular complexity index is 863. The number of rotatable bonds is 4. The normalized spacial score (nSPS) is 11.8. The molecule has 0 spiro atoms. The molecule has 0 bridgehead atoms. The highest BCUT2D eigenvalue weighted by atomic mass is 79.9. The van der Waals surface area contributed by atoms with Crippen molar-refractivity contribution in [3.63, 3.8) is 0 Å². The molecule has 0 aliphatic rings. The SMILES string of the molecule is CC(OC(=O)Nc1c(-c2ccc(Br)cc2)nnn1C)c1ccccc1. The van der Waals surface area contributed by atoms with Crippen LogP contribution in [0.2, 0.25) is 0 Å². The van der Waals surface area contributed by atoms with E-state index < -0.39 is 6.09 Å². The fourth-order valence-corrected chi connectivity index (χ4v) is 2.64. The summed E-state index contributed by atoms with van der Waals surface area (Å²) in [4.78, 5) is 12.3. The van der Waals surface area contributed by atoms with Gasteiger partial charge in [0.15, 0.2) is 5.82 Å². The zero-order valence-electron chi connectivity index (χ0n) is 13.8. The number of ether oxygens (including phenoxy) is 1. The number of carbonyl (C=O) groups is 1. The van der Waals surface area contributed by atoms with Gasteiger partial charge in [0.25, 0.3) is 0 Å². The van der Waals surface area contributed by atoms with Gasteiger partial charge in [-0.25, -0.2) is 9.48 Å². The van der Waals surface area contributed by atoms with Crippen LogP contribution >= 0.6 is 15.9 Å². The number of carbonyl (C=O) groups excluding carboxylic acids is 1. The smallest absolute Gasteiger partial charge is 0.413 e. The minimum Gasteiger partial charge on any atom is -0.441 e. The van der Waals surface area contributed by atoms with Gasteiger partial charge in [0.1, 0.15) is 11.8 Å². The first-order valence-corrected chi connectivity index (χ1v) is 8.52. The number of amides is 1. The molecule has 1 atom stereocenters. The molecule has 6 nitrogen and oxygen atoms in total. The quantitative estimate of drug-likeness (QED) is 0.696. The molecule has 3 aromatic rings. The summed E-state index contributed by atoms with van der Waals surface area (Å²) in [5.41, 5.74) is 2.36. The Balaban J connectivity index is 1.75. The number of nitrogens with zero attached hydrogens (tertiary/aromatic N) is 3. The molecule has 0 saturated carbocycles. The van der Waals surface area contributed by atoms with E-state index in [2.05, 4.69) is 31.6 Å². The molecule has 2 aromatic carbocycles. The highest BCUT2D eigenvalue weighted by Gasteiger charge is 2.18. The van der Waals surface area contributed by atoms with Crippen LogP contribution in [0.15, 0.2) is 59.1 Å². The third kappa shape index (κ3) is 4.06. The van der Waals surface area contributed by atoms with Gasteiger partial charge < -0.3 is 4.74 Å². The number of aromatic nitrogens is 3. The lowest BCUT2D eigenvalue weighted by Crippen LogP contribution is -2.18. The Kier molecular flexibility index (Phi) is 5.14. The van der Waals surface area contributed by atoms with Crippen LogP contribution in [0.4, 0.5) is 10.6 Å². The number of halogens is 1. The van der Waals surface area contributed by atoms with Gasteiger partial charge in [-0.15, -0.1) is 5.10 Å². The van der Waals surface area contributed by atoms with Crippen LogP contribution in [0.25, 0.3) is 11.3 Å². The lowest BCUT2D eigenvalue weighted by Gasteiger charge is -2.14. The van der Waals surface area contributed by atoms with E-state index in [-0.39, 0.29) is 6.10 Å². The maximum absolute atomic E-state index is 12.3. The first-order valence-electron chi connectivity index (χ1n) is 7.73. The molecule has 3 rings (SSSR count). The van der Waals surface area contributed by atoms with Crippen molar-refractivity contribution in [3.05, 3.63) is 64.6 Å². The molecule has 0 saturated heterocycles. The zero-order chi connectivity index (χ0) is 17.8. The molecule has 25 heavy (non-hydrogen) atoms. The standard InChI is InChI=1S/C18H17BrN4O2/c1-12(13-6-4-3-5-7-13)25-18(24)20-17-16(21-22-23(17)2)14-8-10-15(19)11-9-14/h3-12H,1-2H3,(H,20,24). The van der Waals surface area contributed by atoms with Crippen molar-refractivity contribution in [2.75, 3.05) is 5.32 Å². The highest BCUT2D eigenvalue weighted by Crippen LogP contribution is 2.27. The minimum atomic E-state index is -0.555. The van der Waals surface area contributed by atoms with E-state index in [1.54, 1.807) is 7.05 Å². The molecule has 1 amide bonds. The second kappa shape index (κ2) is 7.48. The van der Waals surface area contributed by atoms with E-state index in [1.165, 1.54) is 4.68 Å². The molecule has 0 fully saturated rings. The van der Waals surface area contributed by atoms with E-state index in [0.29, 0.717) is 11.5 Å². The molecule has 1 unspecified atom stereocenters. The van der Waals surface area contributed by atoms with E-state index in [9.17, 15) is 4.79 Å². The van der Waals surface area contributed by atoms with Crippen LogP contribution in [-0.4, -0.2) is 21.1 Å². The van der Waals surface area contributed by atoms with Crippen LogP contribution in [-0.2, 0) is 11.8 Å². The monoisotopic (exact) mass is 400 g/mol. The Hall–Kier alpha value is -2.67. The number of aryl methyl sites for hydroxylation is 1. The Morgan fingerprint density at radius 1 is 1.16 bits per heavy atom. The van der Waals surface area contributed by atoms with E-state index >= 15 is 0 Å². The second-order valence-corrected chi connectivity index (χ2v) is 6.42. The number of hydrogen-bond donors (Lipinski definition) is 1. The first kappa shape index (κ1) is 17.2. The lowest BCUT2D eigenvalue weighted by atomic mass is 10.1. The fourth-order valence-electron chi connectivity index (χ4n) is 2.38. The molecule has 0 aliphatic carbocycles. The number of hydrogen-bond acceptors (Lipinski definition) is 4. The number of benzene rings is 2. The third-order valence-electron chi connectivity index (χ3n) is 3.72. The van der Waals surface area contributed by atoms with Crippen molar-refractivity contribution in [1.82, 2.24) is 15.0 Å². The Morgan fingerprint density at radius 3 is 2.52 bits per heavy atom. The maximum atomic E-state index is 12.3. The molecular formula is C18H17BrN4O2. The van der Waals surface area contributed by atoms with E-state index in [4.69, 9.17) is 4.74 Å². The van der Waals surface area contributed by atoms with Crippen LogP contribution in [0, 0.1) is 0 Å². The molecule has 0 aliphatic heterocycles. The summed E-state index contributed by atoms with van der Waals surface area (Å²) in [6, 6.07) is 17.2. The summed E-state index contributed by atoms with van der Waals surface area (Å²) in [5.74, 6) is 0.479. The summed E-state index contributed by atoms with van der Waals surface area (Å²) in [7, 11) is 1.71. The Morgan fingerprint density at radius 2 is 1.84 bits per heavy atom. The average molecular weight is 401 g/mol. The largest absolute Gasteiger partial charge is 0.441 e. The van der Waals surface area contributed by atoms with Crippen molar-refractivity contribution < 1.29 is 9.53 Å². The van der Waals surface area contributed by atoms with Crippen molar-refractivity contribution in [1.29, 1.82) is 0 Å². The molecule has 1 heterocycles. The van der Waals surface area contributed by atoms with Crippen LogP contribution in [0.3, 0.4) is 0 Å². The zero-order valence-corrected chi connectivity index (χ0v) is 15.4. The van der Waals surface area contributed by atoms with Crippen molar-refractivity contribution in [3.8, 4) is 11.3 Å². The fraction of sp³-hybridized carbons (Fsp3) is 0.167. The minimum absolute atomic E-state index is 0.362. The van der Waals surface area contributed by atoms with Crippen molar-refractivity contribution in [2.45, 2.75) is 13.0 Å². The molecule has 1 N–H and O–H groups in total. The average Bonchev–Trinajstić information content (AvgIpc) is 2.97. The van der Waals surface area contributed by atoms with E-state index in [1.807, 2.05) is 61.5 Å². The molecular weight excluding hydrogens is 384 g/mol. The maximum Gasteiger partial charge on any atom is 0.413 e. The van der Waals surface area contributed by atoms with Gasteiger partial charge in [-0.05, 0) is 24.6 Å². The molecule has 0 radical (unpaired) electrons. The van der Waals surface area contributed by atoms with Crippen LogP contribution in [0.5, 0.6) is 0 Å². The summed E-state index contributed by atoms with van der Waals surface area (Å²) in [6.07, 6.45) is -0.918. The van der Waals surface area contributed by atoms with Gasteiger partial charge in [0.05, 0.1) is 0 Å². The Labute approximate surface area is 153 Å². The van der Waals surface area contributed by atoms with Gasteiger partial charge in [-0.2, -0.15) is 0 Å². The predicted molar refractivity (Wildman–Crippen MR) is 99.1 cm³/mol. The van der Waals surface area contributed by atoms with Gasteiger partial charge in [-0.1, -0.05) is 63.6 Å². The number of anilines is 1. The first-order chi connectivity index (χ1) is 12.0. The van der Waals surface area contributed by atoms with Crippen LogP contribution in [0.1, 0.15) is 18.6 Å². The van der Waals surface area contributed by atoms with Gasteiger partial charge in [0, 0.05) is 17.1 Å². The van der Waals surface area contributed by atoms with Crippen molar-refractivity contribution in [2.24, 2.45) is 7.05 Å². The summed E-state index contributed by atoms with van der Waals surface area (Å²) in [5, 5.41) is 10.9. The molecule has 7 heteroatoms. The lowest BCUT2D eigenvalue weighted by molar-refractivity contribution is 0.121. The number of nitrogens with one attached hydrogen (secondary N) is 1. The van der Waals surface area contributed by atoms with Gasteiger partial charge >= 0.3 is 6.09 Å². The van der Waals surface area contributed by atoms with Crippen molar-refractivity contribution >= 4 is 27.8 Å². The molecule has 128 valence electrons. The predicted octanol–water partition coefficient (Wildman–Crippen LogP) is 4.55. The highest BCUT2D eigenvalue weighted by molar-refractivity contribution is 9.10. The topological polar surface area (TPSA) is 69.0 Å². The summed E-state index contributed by atoms with van der Waals surface area (Å²) < 4.78 is 7.92. The van der Waals surface area contributed by atoms with Gasteiger partial charge in [-0.3, -0.25) is 5.32 Å².